The van der Waals surface area contributed by atoms with E-state index in [0.29, 0.717) is 12.5 Å². The van der Waals surface area contributed by atoms with Gasteiger partial charge in [-0.3, -0.25) is 0 Å². The topological polar surface area (TPSA) is 39.2 Å². The van der Waals surface area contributed by atoms with Gasteiger partial charge in [0.25, 0.3) is 0 Å². The summed E-state index contributed by atoms with van der Waals surface area (Å²) in [5, 5.41) is 0.785. The molecule has 3 heteroatoms. The molecule has 0 radical (unpaired) electrons. The van der Waals surface area contributed by atoms with Crippen LogP contribution in [0.5, 0.6) is 0 Å². The zero-order valence-corrected chi connectivity index (χ0v) is 8.31. The fourth-order valence-corrected chi connectivity index (χ4v) is 1.96. The third-order valence-electron chi connectivity index (χ3n) is 2.63. The summed E-state index contributed by atoms with van der Waals surface area (Å²) < 4.78 is 5.65. The molecule has 72 valence electrons. The van der Waals surface area contributed by atoms with E-state index in [0.717, 1.165) is 23.0 Å². The number of hydrogen-bond donors (Lipinski definition) is 1. The molecule has 0 unspecified atom stereocenters. The van der Waals surface area contributed by atoms with E-state index in [2.05, 4.69) is 0 Å². The third kappa shape index (κ3) is 1.74. The molecule has 1 aromatic rings. The smallest absolute Gasteiger partial charge is 0.125 e. The molecule has 1 aromatic heterocycles. The van der Waals surface area contributed by atoms with Crippen molar-refractivity contribution in [3.05, 3.63) is 22.6 Å². The van der Waals surface area contributed by atoms with Crippen molar-refractivity contribution in [2.75, 3.05) is 6.54 Å². The molecule has 1 aliphatic rings. The average molecular weight is 200 g/mol. The zero-order chi connectivity index (χ0) is 9.26. The van der Waals surface area contributed by atoms with Gasteiger partial charge in [-0.1, -0.05) is 18.0 Å². The third-order valence-corrected chi connectivity index (χ3v) is 2.93. The van der Waals surface area contributed by atoms with Gasteiger partial charge < -0.3 is 10.2 Å². The van der Waals surface area contributed by atoms with Crippen LogP contribution in [0.15, 0.2) is 10.5 Å². The summed E-state index contributed by atoms with van der Waals surface area (Å²) in [6.07, 6.45) is 4.52. The molecular formula is C10H14ClNO. The van der Waals surface area contributed by atoms with Gasteiger partial charge >= 0.3 is 0 Å². The van der Waals surface area contributed by atoms with Crippen LogP contribution in [0.2, 0.25) is 5.02 Å². The molecule has 0 bridgehead atoms. The lowest BCUT2D eigenvalue weighted by Gasteiger charge is -2.23. The van der Waals surface area contributed by atoms with E-state index >= 15 is 0 Å². The molecule has 1 fully saturated rings. The first-order chi connectivity index (χ1) is 6.31. The minimum absolute atomic E-state index is 0.569. The first-order valence-corrected chi connectivity index (χ1v) is 5.17. The van der Waals surface area contributed by atoms with Crippen LogP contribution in [0.1, 0.15) is 36.7 Å². The molecule has 1 heterocycles. The lowest BCUT2D eigenvalue weighted by atomic mass is 9.84. The van der Waals surface area contributed by atoms with Crippen molar-refractivity contribution in [2.45, 2.75) is 31.6 Å². The second kappa shape index (κ2) is 3.72. The van der Waals surface area contributed by atoms with E-state index in [-0.39, 0.29) is 0 Å². The summed E-state index contributed by atoms with van der Waals surface area (Å²) >= 11 is 6.05. The summed E-state index contributed by atoms with van der Waals surface area (Å²) in [6.45, 7) is 0.619. The minimum Gasteiger partial charge on any atom is -0.464 e. The second-order valence-electron chi connectivity index (χ2n) is 3.59. The maximum absolute atomic E-state index is 6.05. The monoisotopic (exact) mass is 199 g/mol. The highest BCUT2D eigenvalue weighted by Crippen LogP contribution is 2.40. The zero-order valence-electron chi connectivity index (χ0n) is 7.55. The number of halogens is 1. The Kier molecular flexibility index (Phi) is 2.61. The molecule has 13 heavy (non-hydrogen) atoms. The minimum atomic E-state index is 0.569. The Morgan fingerprint density at radius 2 is 2.31 bits per heavy atom. The van der Waals surface area contributed by atoms with Crippen LogP contribution in [0, 0.1) is 0 Å². The Hall–Kier alpha value is -0.470. The quantitative estimate of drug-likeness (QED) is 0.813. The molecule has 2 nitrogen and oxygen atoms in total. The van der Waals surface area contributed by atoms with E-state index in [1.807, 2.05) is 6.07 Å². The molecule has 0 amide bonds. The van der Waals surface area contributed by atoms with Gasteiger partial charge in [0.1, 0.15) is 11.5 Å². The van der Waals surface area contributed by atoms with Crippen molar-refractivity contribution < 1.29 is 4.42 Å². The predicted molar refractivity (Wildman–Crippen MR) is 53.1 cm³/mol. The Bertz CT molecular complexity index is 291. The first kappa shape index (κ1) is 9.10. The van der Waals surface area contributed by atoms with Gasteiger partial charge in [-0.05, 0) is 25.5 Å². The highest BCUT2D eigenvalue weighted by atomic mass is 35.5. The van der Waals surface area contributed by atoms with Gasteiger partial charge in [-0.15, -0.1) is 0 Å². The van der Waals surface area contributed by atoms with Crippen LogP contribution >= 0.6 is 11.6 Å². The fourth-order valence-electron chi connectivity index (χ4n) is 1.65. The van der Waals surface area contributed by atoms with Crippen molar-refractivity contribution in [2.24, 2.45) is 5.73 Å². The van der Waals surface area contributed by atoms with E-state index in [9.17, 15) is 0 Å². The van der Waals surface area contributed by atoms with Gasteiger partial charge in [-0.25, -0.2) is 0 Å². The number of nitrogens with two attached hydrogens (primary N) is 1. The van der Waals surface area contributed by atoms with Crippen LogP contribution in [-0.4, -0.2) is 6.54 Å². The maximum Gasteiger partial charge on any atom is 0.125 e. The lowest BCUT2D eigenvalue weighted by molar-refractivity contribution is 0.336. The Labute approximate surface area is 83.1 Å². The molecule has 0 aliphatic heterocycles. The van der Waals surface area contributed by atoms with Gasteiger partial charge in [0.15, 0.2) is 0 Å². The number of hydrogen-bond acceptors (Lipinski definition) is 2. The second-order valence-corrected chi connectivity index (χ2v) is 4.00. The van der Waals surface area contributed by atoms with Gasteiger partial charge in [0.2, 0.25) is 0 Å². The standard InChI is InChI=1S/C10H14ClNO/c11-9-6-8(4-5-12)13-10(9)7-2-1-3-7/h6-7H,1-5,12H2. The van der Waals surface area contributed by atoms with Gasteiger partial charge in [0, 0.05) is 12.3 Å². The normalized spacial score (nSPS) is 17.4. The van der Waals surface area contributed by atoms with Crippen LogP contribution in [0.3, 0.4) is 0 Å². The van der Waals surface area contributed by atoms with Crippen molar-refractivity contribution >= 4 is 11.6 Å². The summed E-state index contributed by atoms with van der Waals surface area (Å²) in [5.74, 6) is 2.48. The number of rotatable bonds is 3. The summed E-state index contributed by atoms with van der Waals surface area (Å²) in [5.41, 5.74) is 5.44. The Morgan fingerprint density at radius 3 is 2.85 bits per heavy atom. The maximum atomic E-state index is 6.05. The Morgan fingerprint density at radius 1 is 1.54 bits per heavy atom. The van der Waals surface area contributed by atoms with Crippen LogP contribution in [-0.2, 0) is 6.42 Å². The largest absolute Gasteiger partial charge is 0.464 e. The van der Waals surface area contributed by atoms with E-state index in [1.54, 1.807) is 0 Å². The first-order valence-electron chi connectivity index (χ1n) is 4.79. The summed E-state index contributed by atoms with van der Waals surface area (Å²) in [4.78, 5) is 0. The van der Waals surface area contributed by atoms with Gasteiger partial charge in [0.05, 0.1) is 5.02 Å². The van der Waals surface area contributed by atoms with Crippen LogP contribution in [0.25, 0.3) is 0 Å². The van der Waals surface area contributed by atoms with E-state index < -0.39 is 0 Å². The summed E-state index contributed by atoms with van der Waals surface area (Å²) in [7, 11) is 0. The molecule has 0 aromatic carbocycles. The van der Waals surface area contributed by atoms with Crippen molar-refractivity contribution in [3.8, 4) is 0 Å². The van der Waals surface area contributed by atoms with Crippen molar-refractivity contribution in [1.29, 1.82) is 0 Å². The molecule has 2 N–H and O–H groups in total. The highest BCUT2D eigenvalue weighted by Gasteiger charge is 2.25. The van der Waals surface area contributed by atoms with Crippen molar-refractivity contribution in [1.82, 2.24) is 0 Å². The molecule has 2 rings (SSSR count). The molecule has 1 saturated carbocycles. The predicted octanol–water partition coefficient (Wildman–Crippen LogP) is 2.70. The fraction of sp³-hybridized carbons (Fsp3) is 0.600. The SMILES string of the molecule is NCCc1cc(Cl)c(C2CCC2)o1. The Balaban J connectivity index is 2.15. The van der Waals surface area contributed by atoms with Crippen LogP contribution in [0.4, 0.5) is 0 Å². The molecule has 0 atom stereocenters. The number of furan rings is 1. The van der Waals surface area contributed by atoms with Crippen LogP contribution < -0.4 is 5.73 Å². The lowest BCUT2D eigenvalue weighted by Crippen LogP contribution is -2.08. The highest BCUT2D eigenvalue weighted by molar-refractivity contribution is 6.31. The van der Waals surface area contributed by atoms with Crippen molar-refractivity contribution in [3.63, 3.8) is 0 Å². The molecular weight excluding hydrogens is 186 g/mol. The molecule has 0 spiro atoms. The van der Waals surface area contributed by atoms with Gasteiger partial charge in [-0.2, -0.15) is 0 Å². The van der Waals surface area contributed by atoms with E-state index in [1.165, 1.54) is 19.3 Å². The summed E-state index contributed by atoms with van der Waals surface area (Å²) in [6, 6.07) is 1.90. The molecule has 0 saturated heterocycles. The van der Waals surface area contributed by atoms with E-state index in [4.69, 9.17) is 21.8 Å². The average Bonchev–Trinajstić information content (AvgIpc) is 2.30. The molecule has 1 aliphatic carbocycles.